The monoisotopic (exact) mass is 495 g/mol. The van der Waals surface area contributed by atoms with Crippen LogP contribution in [0.1, 0.15) is 70.5 Å². The Morgan fingerprint density at radius 1 is 1.11 bits per heavy atom. The Bertz CT molecular complexity index is 1290. The van der Waals surface area contributed by atoms with Gasteiger partial charge in [-0.05, 0) is 70.9 Å². The number of carbonyl (C=O) groups is 2. The first kappa shape index (κ1) is 25.7. The Morgan fingerprint density at radius 3 is 2.36 bits per heavy atom. The first-order valence-corrected chi connectivity index (χ1v) is 12.3. The van der Waals surface area contributed by atoms with Gasteiger partial charge in [-0.3, -0.25) is 4.79 Å². The average molecular weight is 496 g/mol. The van der Waals surface area contributed by atoms with Gasteiger partial charge < -0.3 is 19.0 Å². The maximum atomic E-state index is 13.6. The van der Waals surface area contributed by atoms with Crippen LogP contribution in [0.3, 0.4) is 0 Å². The van der Waals surface area contributed by atoms with Crippen LogP contribution in [0.2, 0.25) is 0 Å². The summed E-state index contributed by atoms with van der Waals surface area (Å²) in [6, 6.07) is 9.78. The predicted molar refractivity (Wildman–Crippen MR) is 136 cm³/mol. The molecule has 36 heavy (non-hydrogen) atoms. The molecule has 3 heterocycles. The van der Waals surface area contributed by atoms with Crippen molar-refractivity contribution in [1.82, 2.24) is 14.8 Å². The molecule has 0 N–H and O–H groups in total. The summed E-state index contributed by atoms with van der Waals surface area (Å²) in [5.74, 6) is -0.235. The van der Waals surface area contributed by atoms with Crippen molar-refractivity contribution in [3.8, 4) is 11.3 Å². The van der Waals surface area contributed by atoms with Crippen molar-refractivity contribution in [2.45, 2.75) is 65.5 Å². The van der Waals surface area contributed by atoms with Gasteiger partial charge >= 0.3 is 6.09 Å². The van der Waals surface area contributed by atoms with Crippen LogP contribution in [0, 0.1) is 5.82 Å². The van der Waals surface area contributed by atoms with E-state index >= 15 is 0 Å². The van der Waals surface area contributed by atoms with Crippen LogP contribution in [-0.4, -0.2) is 57.6 Å². The minimum Gasteiger partial charge on any atom is -0.449 e. The van der Waals surface area contributed by atoms with Crippen LogP contribution >= 0.6 is 0 Å². The Hall–Kier alpha value is -3.42. The molecule has 1 fully saturated rings. The summed E-state index contributed by atoms with van der Waals surface area (Å²) in [6.45, 7) is 14.5. The first-order chi connectivity index (χ1) is 16.7. The molecule has 0 radical (unpaired) electrons. The quantitative estimate of drug-likeness (QED) is 0.431. The number of amides is 2. The van der Waals surface area contributed by atoms with E-state index in [1.54, 1.807) is 28.0 Å². The molecular weight excluding hydrogens is 461 g/mol. The number of nitrogens with zero attached hydrogens (tertiary/aromatic N) is 3. The van der Waals surface area contributed by atoms with Crippen LogP contribution in [0.4, 0.5) is 9.18 Å². The largest absolute Gasteiger partial charge is 0.449 e. The SMILES string of the molecule is CC(C)c1cc(-c2ccc(F)cc2)nc2cc(C(=O)N3CCN(C(=O)OC(C)(C)C)CC3(C)C)oc12. The van der Waals surface area contributed by atoms with Crippen LogP contribution in [0.5, 0.6) is 0 Å². The molecule has 1 saturated heterocycles. The molecule has 0 saturated carbocycles. The van der Waals surface area contributed by atoms with E-state index in [0.717, 1.165) is 11.1 Å². The lowest BCUT2D eigenvalue weighted by molar-refractivity contribution is -0.0117. The highest BCUT2D eigenvalue weighted by Gasteiger charge is 2.41. The van der Waals surface area contributed by atoms with Gasteiger partial charge in [-0.25, -0.2) is 14.2 Å². The number of halogens is 1. The maximum absolute atomic E-state index is 13.6. The molecule has 0 spiro atoms. The van der Waals surface area contributed by atoms with Crippen LogP contribution < -0.4 is 0 Å². The van der Waals surface area contributed by atoms with Gasteiger partial charge in [0.1, 0.15) is 16.9 Å². The average Bonchev–Trinajstić information content (AvgIpc) is 3.20. The summed E-state index contributed by atoms with van der Waals surface area (Å²) in [5, 5.41) is 0. The van der Waals surface area contributed by atoms with E-state index < -0.39 is 11.1 Å². The Morgan fingerprint density at radius 2 is 1.78 bits per heavy atom. The standard InChI is InChI=1S/C28H34FN3O4/c1-17(2)20-14-21(18-8-10-19(29)11-9-18)30-22-15-23(35-24(20)22)25(33)32-13-12-31(16-28(32,6)7)26(34)36-27(3,4)5/h8-11,14-15,17H,12-13,16H2,1-7H3. The zero-order valence-corrected chi connectivity index (χ0v) is 22.0. The van der Waals surface area contributed by atoms with Crippen molar-refractivity contribution >= 4 is 23.1 Å². The second-order valence-corrected chi connectivity index (χ2v) is 11.3. The maximum Gasteiger partial charge on any atom is 0.410 e. The number of benzene rings is 1. The van der Waals surface area contributed by atoms with Gasteiger partial charge in [0.25, 0.3) is 5.91 Å². The molecule has 7 nitrogen and oxygen atoms in total. The lowest BCUT2D eigenvalue weighted by atomic mass is 9.98. The number of hydrogen-bond acceptors (Lipinski definition) is 5. The normalized spacial score (nSPS) is 16.0. The Labute approximate surface area is 211 Å². The summed E-state index contributed by atoms with van der Waals surface area (Å²) in [7, 11) is 0. The summed E-state index contributed by atoms with van der Waals surface area (Å²) < 4.78 is 25.0. The number of rotatable bonds is 3. The second kappa shape index (κ2) is 9.22. The van der Waals surface area contributed by atoms with Crippen molar-refractivity contribution in [3.63, 3.8) is 0 Å². The lowest BCUT2D eigenvalue weighted by Gasteiger charge is -2.46. The van der Waals surface area contributed by atoms with Crippen LogP contribution in [0.25, 0.3) is 22.4 Å². The van der Waals surface area contributed by atoms with Gasteiger partial charge in [-0.2, -0.15) is 0 Å². The summed E-state index contributed by atoms with van der Waals surface area (Å²) in [6.07, 6.45) is -0.384. The van der Waals surface area contributed by atoms with Gasteiger partial charge in [0.05, 0.1) is 11.2 Å². The first-order valence-electron chi connectivity index (χ1n) is 12.3. The van der Waals surface area contributed by atoms with Crippen molar-refractivity contribution < 1.29 is 23.1 Å². The van der Waals surface area contributed by atoms with E-state index in [2.05, 4.69) is 0 Å². The van der Waals surface area contributed by atoms with Crippen LogP contribution in [-0.2, 0) is 4.74 Å². The number of pyridine rings is 1. The zero-order chi connectivity index (χ0) is 26.4. The number of aromatic nitrogens is 1. The number of ether oxygens (including phenoxy) is 1. The Kier molecular flexibility index (Phi) is 6.58. The van der Waals surface area contributed by atoms with E-state index in [0.29, 0.717) is 36.4 Å². The molecule has 8 heteroatoms. The molecule has 2 amide bonds. The number of hydrogen-bond donors (Lipinski definition) is 0. The fourth-order valence-corrected chi connectivity index (χ4v) is 4.50. The van der Waals surface area contributed by atoms with E-state index in [4.69, 9.17) is 14.1 Å². The number of carbonyl (C=O) groups excluding carboxylic acids is 2. The van der Waals surface area contributed by atoms with Gasteiger partial charge in [0.15, 0.2) is 11.3 Å². The highest BCUT2D eigenvalue weighted by atomic mass is 19.1. The molecule has 2 aromatic heterocycles. The van der Waals surface area contributed by atoms with Gasteiger partial charge in [-0.15, -0.1) is 0 Å². The molecule has 0 atom stereocenters. The molecule has 0 aliphatic carbocycles. The number of furan rings is 1. The molecule has 192 valence electrons. The minimum absolute atomic E-state index is 0.123. The van der Waals surface area contributed by atoms with Crippen molar-refractivity contribution in [2.24, 2.45) is 0 Å². The fourth-order valence-electron chi connectivity index (χ4n) is 4.50. The topological polar surface area (TPSA) is 75.9 Å². The third-order valence-electron chi connectivity index (χ3n) is 6.28. The van der Waals surface area contributed by atoms with E-state index in [1.807, 2.05) is 54.5 Å². The molecule has 0 bridgehead atoms. The fraction of sp³-hybridized carbons (Fsp3) is 0.464. The molecule has 3 aromatic rings. The van der Waals surface area contributed by atoms with Gasteiger partial charge in [-0.1, -0.05) is 13.8 Å². The van der Waals surface area contributed by atoms with Gasteiger partial charge in [0, 0.05) is 36.8 Å². The predicted octanol–water partition coefficient (Wildman–Crippen LogP) is 6.23. The third kappa shape index (κ3) is 5.22. The van der Waals surface area contributed by atoms with E-state index in [9.17, 15) is 14.0 Å². The molecule has 4 rings (SSSR count). The highest BCUT2D eigenvalue weighted by molar-refractivity contribution is 5.97. The van der Waals surface area contributed by atoms with E-state index in [1.165, 1.54) is 12.1 Å². The van der Waals surface area contributed by atoms with E-state index in [-0.39, 0.29) is 29.5 Å². The zero-order valence-electron chi connectivity index (χ0n) is 22.0. The molecular formula is C28H34FN3O4. The lowest BCUT2D eigenvalue weighted by Crippen LogP contribution is -2.62. The summed E-state index contributed by atoms with van der Waals surface area (Å²) in [5.41, 5.74) is 2.34. The number of fused-ring (bicyclic) bond motifs is 1. The highest BCUT2D eigenvalue weighted by Crippen LogP contribution is 2.33. The second-order valence-electron chi connectivity index (χ2n) is 11.3. The van der Waals surface area contributed by atoms with Crippen LogP contribution in [0.15, 0.2) is 40.8 Å². The third-order valence-corrected chi connectivity index (χ3v) is 6.28. The van der Waals surface area contributed by atoms with Gasteiger partial charge in [0.2, 0.25) is 0 Å². The molecule has 1 aliphatic heterocycles. The molecule has 0 unspecified atom stereocenters. The number of piperazine rings is 1. The van der Waals surface area contributed by atoms with Crippen molar-refractivity contribution in [1.29, 1.82) is 0 Å². The summed E-state index contributed by atoms with van der Waals surface area (Å²) >= 11 is 0. The minimum atomic E-state index is -0.626. The van der Waals surface area contributed by atoms with Crippen molar-refractivity contribution in [2.75, 3.05) is 19.6 Å². The Balaban J connectivity index is 1.63. The smallest absolute Gasteiger partial charge is 0.410 e. The summed E-state index contributed by atoms with van der Waals surface area (Å²) in [4.78, 5) is 34.3. The van der Waals surface area contributed by atoms with Crippen molar-refractivity contribution in [3.05, 3.63) is 53.5 Å². The molecule has 1 aliphatic rings. The molecule has 1 aromatic carbocycles.